The minimum Gasteiger partial charge on any atom is -0.454 e. The van der Waals surface area contributed by atoms with Gasteiger partial charge in [-0.15, -0.1) is 11.3 Å². The average molecular weight is 409 g/mol. The molecule has 2 aromatic carbocycles. The predicted octanol–water partition coefficient (Wildman–Crippen LogP) is 2.49. The number of carbonyl (C=O) groups excluding carboxylic acids is 2. The van der Waals surface area contributed by atoms with E-state index in [0.717, 1.165) is 5.56 Å². The molecule has 0 fully saturated rings. The number of nitrogens with zero attached hydrogens (tertiary/aromatic N) is 2. The first-order chi connectivity index (χ1) is 14.1. The molecule has 148 valence electrons. The number of fused-ring (bicyclic) bond motifs is 1. The van der Waals surface area contributed by atoms with Crippen LogP contribution < -0.4 is 19.6 Å². The quantitative estimate of drug-likeness (QED) is 0.702. The molecule has 4 rings (SSSR count). The summed E-state index contributed by atoms with van der Waals surface area (Å²) in [5.41, 5.74) is 2.72. The van der Waals surface area contributed by atoms with Crippen LogP contribution in [0.25, 0.3) is 0 Å². The predicted molar refractivity (Wildman–Crippen MR) is 108 cm³/mol. The number of amides is 2. The van der Waals surface area contributed by atoms with Gasteiger partial charge in [-0.05, 0) is 30.7 Å². The van der Waals surface area contributed by atoms with Crippen LogP contribution in [0.5, 0.6) is 11.5 Å². The lowest BCUT2D eigenvalue weighted by Crippen LogP contribution is -2.30. The highest BCUT2D eigenvalue weighted by Crippen LogP contribution is 2.32. The van der Waals surface area contributed by atoms with E-state index in [1.54, 1.807) is 18.2 Å². The highest BCUT2D eigenvalue weighted by atomic mass is 32.1. The molecule has 0 saturated heterocycles. The smallest absolute Gasteiger partial charge is 0.267 e. The van der Waals surface area contributed by atoms with Crippen LogP contribution in [0.15, 0.2) is 59.0 Å². The molecule has 2 amide bonds. The summed E-state index contributed by atoms with van der Waals surface area (Å²) < 4.78 is 12.4. The van der Waals surface area contributed by atoms with E-state index < -0.39 is 5.91 Å². The van der Waals surface area contributed by atoms with Crippen LogP contribution in [-0.2, 0) is 11.3 Å². The topological polar surface area (TPSA) is 81.9 Å². The molecule has 1 aliphatic rings. The highest BCUT2D eigenvalue weighted by Gasteiger charge is 2.16. The number of hydrogen-bond donors (Lipinski definition) is 1. The number of aromatic nitrogens is 1. The van der Waals surface area contributed by atoms with E-state index in [9.17, 15) is 9.59 Å². The third kappa shape index (κ3) is 4.55. The molecule has 1 aromatic heterocycles. The van der Waals surface area contributed by atoms with Gasteiger partial charge in [0.15, 0.2) is 16.3 Å². The number of carbonyl (C=O) groups is 2. The van der Waals surface area contributed by atoms with E-state index in [-0.39, 0.29) is 19.2 Å². The molecular formula is C21H19N3O4S. The van der Waals surface area contributed by atoms with Gasteiger partial charge >= 0.3 is 0 Å². The van der Waals surface area contributed by atoms with Crippen LogP contribution >= 0.6 is 11.3 Å². The molecule has 7 nitrogen and oxygen atoms in total. The fourth-order valence-electron chi connectivity index (χ4n) is 2.84. The third-order valence-electron chi connectivity index (χ3n) is 4.39. The number of thiazole rings is 1. The minimum absolute atomic E-state index is 0.140. The van der Waals surface area contributed by atoms with Gasteiger partial charge in [-0.3, -0.25) is 9.59 Å². The van der Waals surface area contributed by atoms with Crippen molar-refractivity contribution in [3.05, 3.63) is 75.5 Å². The Bertz CT molecular complexity index is 1120. The van der Waals surface area contributed by atoms with Crippen LogP contribution in [0.4, 0.5) is 0 Å². The molecule has 0 saturated carbocycles. The van der Waals surface area contributed by atoms with Crippen molar-refractivity contribution in [1.29, 1.82) is 0 Å². The molecule has 29 heavy (non-hydrogen) atoms. The van der Waals surface area contributed by atoms with Crippen molar-refractivity contribution < 1.29 is 19.1 Å². The summed E-state index contributed by atoms with van der Waals surface area (Å²) in [6.45, 7) is 2.62. The van der Waals surface area contributed by atoms with Crippen molar-refractivity contribution in [3.63, 3.8) is 0 Å². The maximum Gasteiger partial charge on any atom is 0.267 e. The number of rotatable bonds is 5. The summed E-state index contributed by atoms with van der Waals surface area (Å²) >= 11 is 1.38. The minimum atomic E-state index is -0.417. The second-order valence-corrected chi connectivity index (χ2v) is 7.43. The van der Waals surface area contributed by atoms with Gasteiger partial charge in [-0.1, -0.05) is 29.8 Å². The lowest BCUT2D eigenvalue weighted by Gasteiger charge is -2.05. The molecule has 0 bridgehead atoms. The molecule has 1 N–H and O–H groups in total. The van der Waals surface area contributed by atoms with Crippen molar-refractivity contribution in [1.82, 2.24) is 9.88 Å². The number of aryl methyl sites for hydroxylation is 1. The Morgan fingerprint density at radius 2 is 1.93 bits per heavy atom. The Labute approximate surface area is 171 Å². The van der Waals surface area contributed by atoms with Crippen LogP contribution in [0, 0.1) is 6.92 Å². The zero-order valence-electron chi connectivity index (χ0n) is 15.8. The van der Waals surface area contributed by atoms with E-state index in [4.69, 9.17) is 9.47 Å². The van der Waals surface area contributed by atoms with Gasteiger partial charge in [0.25, 0.3) is 11.8 Å². The number of nitrogens with one attached hydrogen (secondary N) is 1. The van der Waals surface area contributed by atoms with Crippen molar-refractivity contribution in [2.45, 2.75) is 13.5 Å². The molecule has 0 unspecified atom stereocenters. The second-order valence-electron chi connectivity index (χ2n) is 6.56. The Morgan fingerprint density at radius 1 is 1.14 bits per heavy atom. The van der Waals surface area contributed by atoms with Gasteiger partial charge in [0.05, 0.1) is 6.54 Å². The molecule has 0 atom stereocenters. The van der Waals surface area contributed by atoms with E-state index in [1.807, 2.05) is 23.1 Å². The lowest BCUT2D eigenvalue weighted by atomic mass is 10.1. The summed E-state index contributed by atoms with van der Waals surface area (Å²) in [6, 6.07) is 13.1. The Morgan fingerprint density at radius 3 is 2.76 bits per heavy atom. The Hall–Kier alpha value is -3.39. The van der Waals surface area contributed by atoms with E-state index in [1.165, 1.54) is 16.9 Å². The average Bonchev–Trinajstić information content (AvgIpc) is 3.36. The fourth-order valence-corrected chi connectivity index (χ4v) is 3.58. The molecule has 0 radical (unpaired) electrons. The van der Waals surface area contributed by atoms with Crippen LogP contribution in [-0.4, -0.2) is 29.7 Å². The van der Waals surface area contributed by atoms with Gasteiger partial charge in [-0.25, -0.2) is 0 Å². The van der Waals surface area contributed by atoms with Gasteiger partial charge < -0.3 is 19.4 Å². The van der Waals surface area contributed by atoms with E-state index >= 15 is 0 Å². The van der Waals surface area contributed by atoms with Crippen LogP contribution in [0.2, 0.25) is 0 Å². The molecule has 1 aliphatic heterocycles. The number of ether oxygens (including phenoxy) is 2. The Kier molecular flexibility index (Phi) is 5.44. The molecule has 0 spiro atoms. The van der Waals surface area contributed by atoms with Gasteiger partial charge in [0.2, 0.25) is 6.79 Å². The van der Waals surface area contributed by atoms with Gasteiger partial charge in [0, 0.05) is 23.7 Å². The zero-order chi connectivity index (χ0) is 20.2. The summed E-state index contributed by atoms with van der Waals surface area (Å²) in [6.07, 6.45) is 1.89. The third-order valence-corrected chi connectivity index (χ3v) is 5.18. The number of benzene rings is 2. The van der Waals surface area contributed by atoms with E-state index in [2.05, 4.69) is 34.6 Å². The van der Waals surface area contributed by atoms with Crippen molar-refractivity contribution in [2.75, 3.05) is 13.3 Å². The summed E-state index contributed by atoms with van der Waals surface area (Å²) in [5, 5.41) is 4.47. The molecule has 3 aromatic rings. The maximum absolute atomic E-state index is 12.3. The van der Waals surface area contributed by atoms with Crippen LogP contribution in [0.3, 0.4) is 0 Å². The van der Waals surface area contributed by atoms with Gasteiger partial charge in [0.1, 0.15) is 0 Å². The summed E-state index contributed by atoms with van der Waals surface area (Å²) in [4.78, 5) is 29.3. The first-order valence-electron chi connectivity index (χ1n) is 9.03. The SMILES string of the molecule is Cc1ccc(Cn2ccsc2=NC(=O)CNC(=O)c2ccc3c(c2)OCO3)cc1. The standard InChI is InChI=1S/C21H19N3O4S/c1-14-2-4-15(5-3-14)12-24-8-9-29-21(24)23-19(25)11-22-20(26)16-6-7-17-18(10-16)28-13-27-17/h2-10H,11-13H2,1H3,(H,22,26). The van der Waals surface area contributed by atoms with Crippen molar-refractivity contribution >= 4 is 23.2 Å². The lowest BCUT2D eigenvalue weighted by molar-refractivity contribution is -0.117. The highest BCUT2D eigenvalue weighted by molar-refractivity contribution is 7.07. The first-order valence-corrected chi connectivity index (χ1v) is 9.91. The zero-order valence-corrected chi connectivity index (χ0v) is 16.6. The monoisotopic (exact) mass is 409 g/mol. The molecule has 8 heteroatoms. The van der Waals surface area contributed by atoms with E-state index in [0.29, 0.717) is 28.4 Å². The second kappa shape index (κ2) is 8.32. The largest absolute Gasteiger partial charge is 0.454 e. The maximum atomic E-state index is 12.3. The van der Waals surface area contributed by atoms with Gasteiger partial charge in [-0.2, -0.15) is 4.99 Å². The van der Waals surface area contributed by atoms with Crippen molar-refractivity contribution in [2.24, 2.45) is 4.99 Å². The van der Waals surface area contributed by atoms with Crippen molar-refractivity contribution in [3.8, 4) is 11.5 Å². The summed E-state index contributed by atoms with van der Waals surface area (Å²) in [5.74, 6) is 0.331. The summed E-state index contributed by atoms with van der Waals surface area (Å²) in [7, 11) is 0. The molecule has 0 aliphatic carbocycles. The molecular weight excluding hydrogens is 390 g/mol. The van der Waals surface area contributed by atoms with Crippen LogP contribution in [0.1, 0.15) is 21.5 Å². The first kappa shape index (κ1) is 18.9. The Balaban J connectivity index is 1.39. The normalized spacial score (nSPS) is 12.8. The fraction of sp³-hybridized carbons (Fsp3) is 0.190. The molecule has 2 heterocycles. The number of hydrogen-bond acceptors (Lipinski definition) is 5.